The second-order valence-electron chi connectivity index (χ2n) is 9.10. The third kappa shape index (κ3) is 2.40. The minimum absolute atomic E-state index is 0.209. The fourth-order valence-corrected chi connectivity index (χ4v) is 7.51. The van der Waals surface area contributed by atoms with E-state index >= 15 is 0 Å². The number of rotatable bonds is 1. The highest BCUT2D eigenvalue weighted by atomic mass is 16.4. The van der Waals surface area contributed by atoms with Crippen molar-refractivity contribution in [1.82, 2.24) is 0 Å². The van der Waals surface area contributed by atoms with Gasteiger partial charge in [0.05, 0.1) is 6.26 Å². The van der Waals surface area contributed by atoms with Gasteiger partial charge >= 0.3 is 5.63 Å². The van der Waals surface area contributed by atoms with Crippen LogP contribution in [-0.4, -0.2) is 0 Å². The van der Waals surface area contributed by atoms with Gasteiger partial charge in [0.15, 0.2) is 0 Å². The van der Waals surface area contributed by atoms with Crippen LogP contribution in [0, 0.1) is 35.5 Å². The van der Waals surface area contributed by atoms with Gasteiger partial charge in [-0.1, -0.05) is 25.7 Å². The Morgan fingerprint density at radius 2 is 1.54 bits per heavy atom. The van der Waals surface area contributed by atoms with E-state index in [0.717, 1.165) is 35.5 Å². The standard InChI is InChI=1S/C22H30O2/c23-21-12-9-16(13-24-21)18-6-2-4-15-8-10-19-17-5-1-3-14(17)7-11-20(19)22(15)18/h9,12-15,17-20,22H,1-8,10-11H2. The van der Waals surface area contributed by atoms with Crippen LogP contribution in [0.5, 0.6) is 0 Å². The van der Waals surface area contributed by atoms with Crippen LogP contribution in [0.2, 0.25) is 0 Å². The largest absolute Gasteiger partial charge is 0.431 e. The first-order valence-corrected chi connectivity index (χ1v) is 10.4. The van der Waals surface area contributed by atoms with Crippen molar-refractivity contribution in [2.75, 3.05) is 0 Å². The van der Waals surface area contributed by atoms with Gasteiger partial charge < -0.3 is 4.42 Å². The molecule has 4 aliphatic carbocycles. The van der Waals surface area contributed by atoms with Crippen LogP contribution in [0.25, 0.3) is 0 Å². The van der Waals surface area contributed by atoms with Gasteiger partial charge in [-0.15, -0.1) is 0 Å². The van der Waals surface area contributed by atoms with E-state index in [-0.39, 0.29) is 5.63 Å². The maximum absolute atomic E-state index is 11.4. The molecule has 24 heavy (non-hydrogen) atoms. The zero-order valence-electron chi connectivity index (χ0n) is 14.7. The first kappa shape index (κ1) is 15.2. The van der Waals surface area contributed by atoms with E-state index in [1.165, 1.54) is 69.8 Å². The molecule has 7 atom stereocenters. The molecular formula is C22H30O2. The molecule has 4 aliphatic rings. The SMILES string of the molecule is O=c1ccc(C2CCCC3CCC4C5CCCC5CCC4C32)co1. The summed E-state index contributed by atoms with van der Waals surface area (Å²) in [6, 6.07) is 3.69. The second kappa shape index (κ2) is 6.04. The highest BCUT2D eigenvalue weighted by molar-refractivity contribution is 5.18. The average Bonchev–Trinajstić information content (AvgIpc) is 3.10. The Morgan fingerprint density at radius 3 is 2.42 bits per heavy atom. The molecule has 4 saturated carbocycles. The topological polar surface area (TPSA) is 30.2 Å². The second-order valence-corrected chi connectivity index (χ2v) is 9.10. The van der Waals surface area contributed by atoms with Gasteiger partial charge in [-0.3, -0.25) is 0 Å². The summed E-state index contributed by atoms with van der Waals surface area (Å²) in [5.41, 5.74) is 1.09. The maximum Gasteiger partial charge on any atom is 0.335 e. The fourth-order valence-electron chi connectivity index (χ4n) is 7.51. The van der Waals surface area contributed by atoms with Crippen molar-refractivity contribution in [2.24, 2.45) is 35.5 Å². The Balaban J connectivity index is 1.47. The smallest absolute Gasteiger partial charge is 0.335 e. The molecule has 130 valence electrons. The highest BCUT2D eigenvalue weighted by Gasteiger charge is 2.51. The van der Waals surface area contributed by atoms with Gasteiger partial charge in [0.2, 0.25) is 0 Å². The molecule has 1 aromatic heterocycles. The van der Waals surface area contributed by atoms with Gasteiger partial charge in [-0.25, -0.2) is 4.79 Å². The third-order valence-corrected chi connectivity index (χ3v) is 8.30. The Bertz CT molecular complexity index is 627. The van der Waals surface area contributed by atoms with E-state index in [1.54, 1.807) is 12.3 Å². The van der Waals surface area contributed by atoms with Crippen molar-refractivity contribution in [2.45, 2.75) is 70.1 Å². The molecule has 0 spiro atoms. The summed E-state index contributed by atoms with van der Waals surface area (Å²) >= 11 is 0. The van der Waals surface area contributed by atoms with Crippen LogP contribution in [0.1, 0.15) is 75.7 Å². The molecule has 0 saturated heterocycles. The normalized spacial score (nSPS) is 44.4. The van der Waals surface area contributed by atoms with Crippen molar-refractivity contribution < 1.29 is 4.42 Å². The summed E-state index contributed by atoms with van der Waals surface area (Å²) in [5, 5.41) is 0. The minimum Gasteiger partial charge on any atom is -0.431 e. The Morgan fingerprint density at radius 1 is 0.750 bits per heavy atom. The number of hydrogen-bond donors (Lipinski definition) is 0. The molecule has 1 aromatic rings. The minimum atomic E-state index is -0.209. The summed E-state index contributed by atoms with van der Waals surface area (Å²) < 4.78 is 5.24. The Kier molecular flexibility index (Phi) is 3.83. The Labute approximate surface area is 145 Å². The molecule has 0 aliphatic heterocycles. The number of fused-ring (bicyclic) bond motifs is 5. The van der Waals surface area contributed by atoms with Crippen molar-refractivity contribution in [3.05, 3.63) is 34.4 Å². The lowest BCUT2D eigenvalue weighted by atomic mass is 9.51. The van der Waals surface area contributed by atoms with E-state index in [9.17, 15) is 4.79 Å². The van der Waals surface area contributed by atoms with E-state index < -0.39 is 0 Å². The maximum atomic E-state index is 11.4. The van der Waals surface area contributed by atoms with Gasteiger partial charge in [-0.05, 0) is 91.6 Å². The van der Waals surface area contributed by atoms with Crippen LogP contribution in [0.4, 0.5) is 0 Å². The zero-order valence-corrected chi connectivity index (χ0v) is 14.7. The van der Waals surface area contributed by atoms with Crippen LogP contribution >= 0.6 is 0 Å². The lowest BCUT2D eigenvalue weighted by Gasteiger charge is -2.54. The predicted molar refractivity (Wildman–Crippen MR) is 94.8 cm³/mol. The molecule has 0 bridgehead atoms. The molecule has 0 aromatic carbocycles. The van der Waals surface area contributed by atoms with Crippen molar-refractivity contribution in [3.63, 3.8) is 0 Å². The van der Waals surface area contributed by atoms with Crippen LogP contribution in [0.3, 0.4) is 0 Å². The predicted octanol–water partition coefficient (Wildman–Crippen LogP) is 5.38. The van der Waals surface area contributed by atoms with E-state index in [0.29, 0.717) is 5.92 Å². The summed E-state index contributed by atoms with van der Waals surface area (Å²) in [5.74, 6) is 6.46. The molecular weight excluding hydrogens is 296 g/mol. The van der Waals surface area contributed by atoms with Gasteiger partial charge in [0.1, 0.15) is 0 Å². The quantitative estimate of drug-likeness (QED) is 0.694. The van der Waals surface area contributed by atoms with Gasteiger partial charge in [-0.2, -0.15) is 0 Å². The van der Waals surface area contributed by atoms with E-state index in [4.69, 9.17) is 4.42 Å². The van der Waals surface area contributed by atoms with E-state index in [1.807, 2.05) is 0 Å². The summed E-state index contributed by atoms with van der Waals surface area (Å²) in [6.45, 7) is 0. The molecule has 7 unspecified atom stereocenters. The highest BCUT2D eigenvalue weighted by Crippen LogP contribution is 2.60. The van der Waals surface area contributed by atoms with Crippen molar-refractivity contribution in [1.29, 1.82) is 0 Å². The molecule has 0 radical (unpaired) electrons. The third-order valence-electron chi connectivity index (χ3n) is 8.30. The lowest BCUT2D eigenvalue weighted by molar-refractivity contribution is -0.0292. The number of hydrogen-bond acceptors (Lipinski definition) is 2. The van der Waals surface area contributed by atoms with Gasteiger partial charge in [0, 0.05) is 6.07 Å². The first-order valence-electron chi connectivity index (χ1n) is 10.4. The van der Waals surface area contributed by atoms with Gasteiger partial charge in [0.25, 0.3) is 0 Å². The van der Waals surface area contributed by atoms with Crippen LogP contribution in [0.15, 0.2) is 27.6 Å². The molecule has 1 heterocycles. The average molecular weight is 326 g/mol. The molecule has 2 nitrogen and oxygen atoms in total. The van der Waals surface area contributed by atoms with Crippen molar-refractivity contribution in [3.8, 4) is 0 Å². The zero-order chi connectivity index (χ0) is 16.1. The monoisotopic (exact) mass is 326 g/mol. The molecule has 0 N–H and O–H groups in total. The molecule has 2 heteroatoms. The van der Waals surface area contributed by atoms with Crippen LogP contribution in [-0.2, 0) is 0 Å². The van der Waals surface area contributed by atoms with E-state index in [2.05, 4.69) is 6.07 Å². The summed E-state index contributed by atoms with van der Waals surface area (Å²) in [7, 11) is 0. The van der Waals surface area contributed by atoms with Crippen molar-refractivity contribution >= 4 is 0 Å². The molecule has 0 amide bonds. The first-order chi connectivity index (χ1) is 11.8. The molecule has 4 fully saturated rings. The molecule has 5 rings (SSSR count). The van der Waals surface area contributed by atoms with Crippen LogP contribution < -0.4 is 5.63 Å². The Hall–Kier alpha value is -1.05. The lowest BCUT2D eigenvalue weighted by Crippen LogP contribution is -2.46. The summed E-state index contributed by atoms with van der Waals surface area (Å²) in [4.78, 5) is 11.4. The summed E-state index contributed by atoms with van der Waals surface area (Å²) in [6.07, 6.45) is 16.3. The fraction of sp³-hybridized carbons (Fsp3) is 0.773.